The third-order valence-corrected chi connectivity index (χ3v) is 4.76. The smallest absolute Gasteiger partial charge is 0.125 e. The maximum absolute atomic E-state index is 10.4. The van der Waals surface area contributed by atoms with Crippen LogP contribution in [0.2, 0.25) is 0 Å². The predicted molar refractivity (Wildman–Crippen MR) is 96.1 cm³/mol. The van der Waals surface area contributed by atoms with Crippen molar-refractivity contribution in [1.82, 2.24) is 10.2 Å². The molecule has 0 spiro atoms. The van der Waals surface area contributed by atoms with Gasteiger partial charge < -0.3 is 30.3 Å². The van der Waals surface area contributed by atoms with E-state index in [2.05, 4.69) is 10.2 Å². The standard InChI is InChI=1S/C19H26N2O4/c1-12-5-13(2)19(18(24)6-12)16-7-14(10-22)17(8-20-16)21-3-4-25-15(9-21)11-23/h5-7,15,20,22-24H,3-4,8-11H2,1-2H3/t15-/m0/s1. The lowest BCUT2D eigenvalue weighted by molar-refractivity contribution is -0.0439. The molecule has 2 aliphatic heterocycles. The minimum absolute atomic E-state index is 0.0107. The normalized spacial score (nSPS) is 21.2. The van der Waals surface area contributed by atoms with Gasteiger partial charge >= 0.3 is 0 Å². The van der Waals surface area contributed by atoms with E-state index < -0.39 is 0 Å². The fourth-order valence-electron chi connectivity index (χ4n) is 3.58. The van der Waals surface area contributed by atoms with Gasteiger partial charge in [0.2, 0.25) is 0 Å². The Balaban J connectivity index is 1.93. The van der Waals surface area contributed by atoms with Gasteiger partial charge in [0.1, 0.15) is 5.75 Å². The number of hydrogen-bond acceptors (Lipinski definition) is 6. The molecule has 1 fully saturated rings. The molecule has 0 aromatic heterocycles. The van der Waals surface area contributed by atoms with Crippen molar-refractivity contribution in [1.29, 1.82) is 0 Å². The van der Waals surface area contributed by atoms with Gasteiger partial charge in [-0.3, -0.25) is 0 Å². The Morgan fingerprint density at radius 1 is 1.28 bits per heavy atom. The van der Waals surface area contributed by atoms with Crippen LogP contribution in [0.4, 0.5) is 0 Å². The minimum Gasteiger partial charge on any atom is -0.507 e. The quantitative estimate of drug-likeness (QED) is 0.648. The molecule has 1 atom stereocenters. The van der Waals surface area contributed by atoms with Crippen LogP contribution in [0, 0.1) is 13.8 Å². The van der Waals surface area contributed by atoms with Gasteiger partial charge in [-0.2, -0.15) is 0 Å². The average molecular weight is 346 g/mol. The highest BCUT2D eigenvalue weighted by Crippen LogP contribution is 2.32. The van der Waals surface area contributed by atoms with Gasteiger partial charge in [0.25, 0.3) is 0 Å². The number of phenolic OH excluding ortho intramolecular Hbond substituents is 1. The van der Waals surface area contributed by atoms with E-state index in [1.807, 2.05) is 26.0 Å². The molecule has 0 unspecified atom stereocenters. The van der Waals surface area contributed by atoms with Crippen molar-refractivity contribution in [2.75, 3.05) is 39.5 Å². The van der Waals surface area contributed by atoms with Crippen molar-refractivity contribution in [3.05, 3.63) is 46.2 Å². The van der Waals surface area contributed by atoms with Crippen molar-refractivity contribution < 1.29 is 20.1 Å². The zero-order chi connectivity index (χ0) is 18.0. The number of nitrogens with zero attached hydrogens (tertiary/aromatic N) is 1. The first-order valence-electron chi connectivity index (χ1n) is 8.60. The zero-order valence-electron chi connectivity index (χ0n) is 14.7. The van der Waals surface area contributed by atoms with E-state index in [9.17, 15) is 15.3 Å². The fourth-order valence-corrected chi connectivity index (χ4v) is 3.58. The van der Waals surface area contributed by atoms with Crippen LogP contribution in [-0.4, -0.2) is 65.8 Å². The van der Waals surface area contributed by atoms with Gasteiger partial charge in [-0.25, -0.2) is 0 Å². The Morgan fingerprint density at radius 2 is 2.08 bits per heavy atom. The summed E-state index contributed by atoms with van der Waals surface area (Å²) in [6.45, 7) is 6.29. The molecule has 0 bridgehead atoms. The van der Waals surface area contributed by atoms with Crippen LogP contribution in [0.5, 0.6) is 5.75 Å². The first-order chi connectivity index (χ1) is 12.0. The number of aliphatic hydroxyl groups is 2. The van der Waals surface area contributed by atoms with E-state index in [1.54, 1.807) is 6.07 Å². The first kappa shape index (κ1) is 17.8. The Labute approximate surface area is 148 Å². The summed E-state index contributed by atoms with van der Waals surface area (Å²) in [7, 11) is 0. The Morgan fingerprint density at radius 3 is 2.76 bits per heavy atom. The van der Waals surface area contributed by atoms with Gasteiger partial charge in [-0.15, -0.1) is 0 Å². The van der Waals surface area contributed by atoms with E-state index in [4.69, 9.17) is 4.74 Å². The molecule has 0 amide bonds. The largest absolute Gasteiger partial charge is 0.507 e. The highest BCUT2D eigenvalue weighted by molar-refractivity contribution is 5.75. The molecule has 3 rings (SSSR count). The summed E-state index contributed by atoms with van der Waals surface area (Å²) >= 11 is 0. The van der Waals surface area contributed by atoms with Crippen molar-refractivity contribution in [3.63, 3.8) is 0 Å². The summed E-state index contributed by atoms with van der Waals surface area (Å²) in [6, 6.07) is 3.78. The first-order valence-corrected chi connectivity index (χ1v) is 8.60. The zero-order valence-corrected chi connectivity index (χ0v) is 14.7. The summed E-state index contributed by atoms with van der Waals surface area (Å²) in [4.78, 5) is 2.15. The molecule has 136 valence electrons. The molecular formula is C19H26N2O4. The lowest BCUT2D eigenvalue weighted by Gasteiger charge is -2.38. The van der Waals surface area contributed by atoms with E-state index in [0.717, 1.165) is 40.2 Å². The Hall–Kier alpha value is -2.02. The summed E-state index contributed by atoms with van der Waals surface area (Å²) in [5.74, 6) is 0.240. The maximum atomic E-state index is 10.4. The molecule has 0 saturated carbocycles. The van der Waals surface area contributed by atoms with Crippen molar-refractivity contribution in [2.45, 2.75) is 20.0 Å². The number of phenols is 1. The lowest BCUT2D eigenvalue weighted by Crippen LogP contribution is -2.46. The van der Waals surface area contributed by atoms with Crippen molar-refractivity contribution >= 4 is 5.70 Å². The maximum Gasteiger partial charge on any atom is 0.125 e. The highest BCUT2D eigenvalue weighted by atomic mass is 16.5. The SMILES string of the molecule is Cc1cc(C)c(C2=CC(CO)=C(N3CCO[C@H](CO)C3)CN2)c(O)c1. The third kappa shape index (κ3) is 3.66. The fraction of sp³-hybridized carbons (Fsp3) is 0.474. The Kier molecular flexibility index (Phi) is 5.32. The minimum atomic E-state index is -0.199. The number of rotatable bonds is 4. The molecule has 1 aromatic carbocycles. The summed E-state index contributed by atoms with van der Waals surface area (Å²) < 4.78 is 5.50. The molecule has 0 aliphatic carbocycles. The van der Waals surface area contributed by atoms with Crippen LogP contribution in [0.25, 0.3) is 5.70 Å². The molecule has 0 radical (unpaired) electrons. The number of aliphatic hydroxyl groups excluding tert-OH is 2. The summed E-state index contributed by atoms with van der Waals surface area (Å²) in [5, 5.41) is 32.9. The number of aromatic hydroxyl groups is 1. The number of nitrogens with one attached hydrogen (secondary N) is 1. The van der Waals surface area contributed by atoms with E-state index in [-0.39, 0.29) is 25.1 Å². The second-order valence-electron chi connectivity index (χ2n) is 6.64. The van der Waals surface area contributed by atoms with Gasteiger partial charge in [0.15, 0.2) is 0 Å². The molecular weight excluding hydrogens is 320 g/mol. The van der Waals surface area contributed by atoms with E-state index in [1.165, 1.54) is 0 Å². The Bertz CT molecular complexity index is 688. The topological polar surface area (TPSA) is 85.2 Å². The van der Waals surface area contributed by atoms with Crippen LogP contribution < -0.4 is 5.32 Å². The lowest BCUT2D eigenvalue weighted by atomic mass is 9.97. The molecule has 2 aliphatic rings. The van der Waals surface area contributed by atoms with Gasteiger partial charge in [-0.1, -0.05) is 6.07 Å². The molecule has 2 heterocycles. The number of aryl methyl sites for hydroxylation is 2. The summed E-state index contributed by atoms with van der Waals surface area (Å²) in [6.07, 6.45) is 1.70. The number of morpholine rings is 1. The average Bonchev–Trinajstić information content (AvgIpc) is 2.60. The number of hydrogen-bond donors (Lipinski definition) is 4. The second-order valence-corrected chi connectivity index (χ2v) is 6.64. The molecule has 25 heavy (non-hydrogen) atoms. The number of dihydropyridines is 1. The van der Waals surface area contributed by atoms with Crippen LogP contribution in [0.15, 0.2) is 29.5 Å². The predicted octanol–water partition coefficient (Wildman–Crippen LogP) is 0.893. The summed E-state index contributed by atoms with van der Waals surface area (Å²) in [5.41, 5.74) is 5.42. The molecule has 1 saturated heterocycles. The highest BCUT2D eigenvalue weighted by Gasteiger charge is 2.26. The molecule has 6 nitrogen and oxygen atoms in total. The van der Waals surface area contributed by atoms with E-state index in [0.29, 0.717) is 19.7 Å². The van der Waals surface area contributed by atoms with Crippen molar-refractivity contribution in [3.8, 4) is 5.75 Å². The van der Waals surface area contributed by atoms with Crippen molar-refractivity contribution in [2.24, 2.45) is 0 Å². The molecule has 1 aromatic rings. The number of ether oxygens (including phenoxy) is 1. The van der Waals surface area contributed by atoms with Crippen LogP contribution in [0.1, 0.15) is 16.7 Å². The van der Waals surface area contributed by atoms with Crippen LogP contribution in [0.3, 0.4) is 0 Å². The molecule has 4 N–H and O–H groups in total. The number of benzene rings is 1. The van der Waals surface area contributed by atoms with Gasteiger partial charge in [0.05, 0.1) is 32.5 Å². The van der Waals surface area contributed by atoms with Gasteiger partial charge in [0, 0.05) is 35.6 Å². The third-order valence-electron chi connectivity index (χ3n) is 4.76. The van der Waals surface area contributed by atoms with Crippen LogP contribution in [-0.2, 0) is 4.74 Å². The second kappa shape index (κ2) is 7.47. The monoisotopic (exact) mass is 346 g/mol. The van der Waals surface area contributed by atoms with Gasteiger partial charge in [-0.05, 0) is 37.1 Å². The molecule has 6 heteroatoms. The van der Waals surface area contributed by atoms with Crippen LogP contribution >= 0.6 is 0 Å². The van der Waals surface area contributed by atoms with E-state index >= 15 is 0 Å².